The largest absolute Gasteiger partial charge is 0.464 e. The van der Waals surface area contributed by atoms with E-state index in [0.29, 0.717) is 31.9 Å². The Balaban J connectivity index is 0.0000360. The number of hydroxylamine groups is 6. The number of amides is 6. The van der Waals surface area contributed by atoms with Crippen molar-refractivity contribution in [3.8, 4) is 0 Å². The van der Waals surface area contributed by atoms with Gasteiger partial charge in [0.15, 0.2) is 0 Å². The van der Waals surface area contributed by atoms with Crippen LogP contribution in [-0.4, -0.2) is 142 Å². The third kappa shape index (κ3) is 24.6. The van der Waals surface area contributed by atoms with Gasteiger partial charge in [0.05, 0.1) is 19.8 Å². The number of hydrogen-bond acceptors (Lipinski definition) is 15. The smallest absolute Gasteiger partial charge is 0.328 e. The maximum Gasteiger partial charge on any atom is 0.328 e. The first-order chi connectivity index (χ1) is 28.2. The van der Waals surface area contributed by atoms with E-state index in [2.05, 4.69) is 16.0 Å². The molecule has 0 bridgehead atoms. The first kappa shape index (κ1) is 55.8. The third-order valence-corrected chi connectivity index (χ3v) is 8.67. The van der Waals surface area contributed by atoms with E-state index >= 15 is 0 Å². The SMILES string of the molecule is CC(=O)NC1CCCN(O)C(=O)C=C(C)CCOC(=O)C(NC(C)=O)CCCN(O)C(=O)/C=C(\C)CCOC(=O)C(NC(C)=O)CCCN(O)C(=O)C=C(C)CCOC1=O.[Fe]. The molecule has 1 aliphatic rings. The van der Waals surface area contributed by atoms with Gasteiger partial charge in [-0.15, -0.1) is 0 Å². The molecule has 344 valence electrons. The molecule has 3 atom stereocenters. The van der Waals surface area contributed by atoms with Crippen LogP contribution in [0.5, 0.6) is 0 Å². The molecule has 0 saturated heterocycles. The van der Waals surface area contributed by atoms with E-state index in [1.54, 1.807) is 20.8 Å². The summed E-state index contributed by atoms with van der Waals surface area (Å²) in [7, 11) is 0. The predicted molar refractivity (Wildman–Crippen MR) is 209 cm³/mol. The molecule has 6 amide bonds. The third-order valence-electron chi connectivity index (χ3n) is 8.67. The quantitative estimate of drug-likeness (QED) is 0.100. The van der Waals surface area contributed by atoms with Crippen LogP contribution in [0, 0.1) is 0 Å². The van der Waals surface area contributed by atoms with Gasteiger partial charge in [-0.2, -0.15) is 0 Å². The molecule has 0 aromatic heterocycles. The normalized spacial score (nSPS) is 22.7. The summed E-state index contributed by atoms with van der Waals surface area (Å²) in [6, 6.07) is -3.33. The molecule has 1 heterocycles. The zero-order valence-corrected chi connectivity index (χ0v) is 36.6. The number of carbonyl (C=O) groups excluding carboxylic acids is 9. The molecule has 22 heteroatoms. The van der Waals surface area contributed by atoms with Gasteiger partial charge in [0, 0.05) is 95.0 Å². The summed E-state index contributed by atoms with van der Waals surface area (Å²) in [5.74, 6) is -6.32. The van der Waals surface area contributed by atoms with E-state index in [4.69, 9.17) is 14.2 Å². The topological polar surface area (TPSA) is 288 Å². The van der Waals surface area contributed by atoms with Crippen LogP contribution in [0.2, 0.25) is 0 Å². The zero-order valence-electron chi connectivity index (χ0n) is 35.5. The van der Waals surface area contributed by atoms with E-state index in [-0.39, 0.29) is 114 Å². The van der Waals surface area contributed by atoms with Crippen molar-refractivity contribution in [3.05, 3.63) is 34.9 Å². The molecular formula is C39H60FeN6O15. The van der Waals surface area contributed by atoms with Gasteiger partial charge in [0.25, 0.3) is 17.7 Å². The first-order valence-corrected chi connectivity index (χ1v) is 19.5. The number of carbonyl (C=O) groups is 9. The molecule has 0 fully saturated rings. The fourth-order valence-corrected chi connectivity index (χ4v) is 5.46. The molecule has 0 radical (unpaired) electrons. The molecule has 0 aromatic rings. The van der Waals surface area contributed by atoms with Crippen molar-refractivity contribution in [3.63, 3.8) is 0 Å². The molecule has 3 unspecified atom stereocenters. The monoisotopic (exact) mass is 908 g/mol. The average Bonchev–Trinajstić information content (AvgIpc) is 3.15. The van der Waals surface area contributed by atoms with Gasteiger partial charge in [-0.3, -0.25) is 44.4 Å². The van der Waals surface area contributed by atoms with Gasteiger partial charge in [-0.05, 0) is 59.3 Å². The van der Waals surface area contributed by atoms with Crippen LogP contribution in [0.25, 0.3) is 0 Å². The van der Waals surface area contributed by atoms with E-state index in [0.717, 1.165) is 18.2 Å². The van der Waals surface area contributed by atoms with Gasteiger partial charge in [-0.1, -0.05) is 16.7 Å². The van der Waals surface area contributed by atoms with Crippen molar-refractivity contribution in [2.75, 3.05) is 39.5 Å². The molecule has 21 nitrogen and oxygen atoms in total. The molecule has 0 spiro atoms. The van der Waals surface area contributed by atoms with Crippen LogP contribution in [0.4, 0.5) is 0 Å². The Morgan fingerprint density at radius 3 is 0.951 bits per heavy atom. The second-order valence-corrected chi connectivity index (χ2v) is 14.3. The summed E-state index contributed by atoms with van der Waals surface area (Å²) in [6.07, 6.45) is 3.86. The summed E-state index contributed by atoms with van der Waals surface area (Å²) in [6.45, 7) is 7.11. The van der Waals surface area contributed by atoms with Crippen LogP contribution in [0.15, 0.2) is 34.9 Å². The van der Waals surface area contributed by atoms with Gasteiger partial charge < -0.3 is 30.2 Å². The Bertz CT molecular complexity index is 1450. The number of nitrogens with zero attached hydrogens (tertiary/aromatic N) is 3. The summed E-state index contributed by atoms with van der Waals surface area (Å²) >= 11 is 0. The number of nitrogens with one attached hydrogen (secondary N) is 3. The minimum absolute atomic E-state index is 0. The van der Waals surface area contributed by atoms with Crippen molar-refractivity contribution < 1.29 is 90.1 Å². The number of rotatable bonds is 3. The van der Waals surface area contributed by atoms with Crippen molar-refractivity contribution >= 4 is 53.4 Å². The molecule has 6 N–H and O–H groups in total. The van der Waals surface area contributed by atoms with E-state index < -0.39 is 71.5 Å². The first-order valence-electron chi connectivity index (χ1n) is 19.5. The van der Waals surface area contributed by atoms with Gasteiger partial charge >= 0.3 is 17.9 Å². The maximum absolute atomic E-state index is 12.8. The average molecular weight is 909 g/mol. The van der Waals surface area contributed by atoms with Crippen molar-refractivity contribution in [1.82, 2.24) is 31.1 Å². The predicted octanol–water partition coefficient (Wildman–Crippen LogP) is 1.14. The van der Waals surface area contributed by atoms with E-state index in [9.17, 15) is 58.8 Å². The number of esters is 3. The minimum atomic E-state index is -1.11. The van der Waals surface area contributed by atoms with E-state index in [1.165, 1.54) is 20.8 Å². The van der Waals surface area contributed by atoms with Gasteiger partial charge in [0.1, 0.15) is 18.1 Å². The second-order valence-electron chi connectivity index (χ2n) is 14.3. The van der Waals surface area contributed by atoms with Crippen LogP contribution in [-0.2, 0) is 74.4 Å². The molecule has 0 aliphatic carbocycles. The Morgan fingerprint density at radius 1 is 0.508 bits per heavy atom. The van der Waals surface area contributed by atoms with E-state index in [1.807, 2.05) is 0 Å². The van der Waals surface area contributed by atoms with Gasteiger partial charge in [-0.25, -0.2) is 29.6 Å². The Hall–Kier alpha value is -5.15. The molecule has 1 aliphatic heterocycles. The van der Waals surface area contributed by atoms with Crippen LogP contribution in [0.3, 0.4) is 0 Å². The van der Waals surface area contributed by atoms with Crippen molar-refractivity contribution in [1.29, 1.82) is 0 Å². The summed E-state index contributed by atoms with van der Waals surface area (Å²) in [5, 5.41) is 39.6. The standard InChI is InChI=1S/C39H60N6O15.Fe/c1-25-13-19-58-37(52)31(40-28(4)46)11-8-17-44(56)35(50)23-27(3)15-21-60-39(54)33(42-30(6)48)12-9-18-45(57)36(51)24-26(2)14-20-59-38(53)32(41-29(5)47)10-7-16-43(55)34(49)22-25;/h22-24,31-33,55-57H,7-21H2,1-6H3,(H,40,46)(H,41,47)(H,42,48);/b25-22+,26-24?,27-23?;. The van der Waals surface area contributed by atoms with Crippen LogP contribution >= 0.6 is 0 Å². The summed E-state index contributed by atoms with van der Waals surface area (Å²) < 4.78 is 15.9. The second kappa shape index (κ2) is 30.0. The number of cyclic esters (lactones) is 3. The van der Waals surface area contributed by atoms with Crippen molar-refractivity contribution in [2.45, 2.75) is 117 Å². The fourth-order valence-electron chi connectivity index (χ4n) is 5.46. The van der Waals surface area contributed by atoms with Crippen LogP contribution < -0.4 is 16.0 Å². The summed E-state index contributed by atoms with van der Waals surface area (Å²) in [5.41, 5.74) is 1.32. The van der Waals surface area contributed by atoms with Gasteiger partial charge in [0.2, 0.25) is 17.7 Å². The summed E-state index contributed by atoms with van der Waals surface area (Å²) in [4.78, 5) is 111. The number of hydrogen-bond donors (Lipinski definition) is 6. The Labute approximate surface area is 365 Å². The fraction of sp³-hybridized carbons (Fsp3) is 0.615. The maximum atomic E-state index is 12.8. The molecular weight excluding hydrogens is 848 g/mol. The van der Waals surface area contributed by atoms with Crippen LogP contribution in [0.1, 0.15) is 99.3 Å². The molecule has 61 heavy (non-hydrogen) atoms. The Kier molecular flexibility index (Phi) is 27.4. The molecule has 1 rings (SSSR count). The number of ether oxygens (including phenoxy) is 3. The minimum Gasteiger partial charge on any atom is -0.464 e. The zero-order chi connectivity index (χ0) is 45.4. The van der Waals surface area contributed by atoms with Crippen molar-refractivity contribution in [2.24, 2.45) is 0 Å². The Morgan fingerprint density at radius 2 is 0.738 bits per heavy atom. The molecule has 0 saturated carbocycles. The molecule has 0 aromatic carbocycles.